The summed E-state index contributed by atoms with van der Waals surface area (Å²) < 4.78 is 7.31. The van der Waals surface area contributed by atoms with Crippen molar-refractivity contribution in [2.24, 2.45) is 0 Å². The van der Waals surface area contributed by atoms with Gasteiger partial charge in [0.05, 0.1) is 6.33 Å². The van der Waals surface area contributed by atoms with Crippen molar-refractivity contribution >= 4 is 11.9 Å². The van der Waals surface area contributed by atoms with Crippen LogP contribution in [0.25, 0.3) is 0 Å². The summed E-state index contributed by atoms with van der Waals surface area (Å²) in [6.07, 6.45) is 5.30. The molecule has 2 aromatic heterocycles. The van der Waals surface area contributed by atoms with Gasteiger partial charge in [0.15, 0.2) is 5.76 Å². The lowest BCUT2D eigenvalue weighted by molar-refractivity contribution is 0.0631. The normalized spacial score (nSPS) is 15.9. The molecule has 3 rings (SSSR count). The number of rotatable bonds is 4. The number of aromatic nitrogens is 2. The lowest BCUT2D eigenvalue weighted by Gasteiger charge is -2.35. The van der Waals surface area contributed by atoms with Gasteiger partial charge < -0.3 is 24.1 Å². The minimum Gasteiger partial charge on any atom is -0.456 e. The second-order valence-electron chi connectivity index (χ2n) is 6.30. The molecule has 0 saturated carbocycles. The van der Waals surface area contributed by atoms with E-state index in [1.165, 1.54) is 0 Å². The molecule has 8 nitrogen and oxygen atoms in total. The van der Waals surface area contributed by atoms with Crippen molar-refractivity contribution in [3.05, 3.63) is 42.4 Å². The summed E-state index contributed by atoms with van der Waals surface area (Å²) >= 11 is 0. The standard InChI is InChI=1S/C17H23N5O3/c1-13(11-20-6-5-18-12-20)19-17(24)22-9-7-21(8-10-22)16(23)15-4-3-14(2)25-15/h3-6,12-13H,7-11H2,1-2H3,(H,19,24). The summed E-state index contributed by atoms with van der Waals surface area (Å²) in [5.74, 6) is 0.944. The van der Waals surface area contributed by atoms with E-state index < -0.39 is 0 Å². The monoisotopic (exact) mass is 345 g/mol. The zero-order chi connectivity index (χ0) is 17.8. The zero-order valence-electron chi connectivity index (χ0n) is 14.5. The number of carbonyl (C=O) groups is 2. The molecule has 134 valence electrons. The van der Waals surface area contributed by atoms with Crippen LogP contribution >= 0.6 is 0 Å². The Morgan fingerprint density at radius 1 is 1.24 bits per heavy atom. The Balaban J connectivity index is 1.46. The van der Waals surface area contributed by atoms with Gasteiger partial charge in [-0.1, -0.05) is 0 Å². The van der Waals surface area contributed by atoms with Crippen LogP contribution in [0.1, 0.15) is 23.2 Å². The zero-order valence-corrected chi connectivity index (χ0v) is 14.5. The van der Waals surface area contributed by atoms with Crippen LogP contribution in [0, 0.1) is 6.92 Å². The molecular formula is C17H23N5O3. The number of aryl methyl sites for hydroxylation is 1. The molecule has 0 bridgehead atoms. The number of carbonyl (C=O) groups excluding carboxylic acids is 2. The molecule has 1 atom stereocenters. The fourth-order valence-corrected chi connectivity index (χ4v) is 2.88. The number of urea groups is 1. The van der Waals surface area contributed by atoms with E-state index in [1.807, 2.05) is 24.6 Å². The summed E-state index contributed by atoms with van der Waals surface area (Å²) in [6, 6.07) is 3.36. The number of imidazole rings is 1. The Labute approximate surface area is 146 Å². The molecule has 1 unspecified atom stereocenters. The molecule has 1 aliphatic heterocycles. The SMILES string of the molecule is Cc1ccc(C(=O)N2CCN(C(=O)NC(C)Cn3ccnc3)CC2)o1. The Morgan fingerprint density at radius 3 is 2.56 bits per heavy atom. The molecule has 1 N–H and O–H groups in total. The van der Waals surface area contributed by atoms with Crippen LogP contribution in [0.2, 0.25) is 0 Å². The van der Waals surface area contributed by atoms with Crippen molar-refractivity contribution in [3.8, 4) is 0 Å². The molecule has 0 radical (unpaired) electrons. The van der Waals surface area contributed by atoms with Crippen molar-refractivity contribution in [3.63, 3.8) is 0 Å². The van der Waals surface area contributed by atoms with E-state index in [0.29, 0.717) is 44.2 Å². The lowest BCUT2D eigenvalue weighted by atomic mass is 10.3. The van der Waals surface area contributed by atoms with Gasteiger partial charge in [0, 0.05) is 51.2 Å². The first kappa shape index (κ1) is 17.1. The largest absolute Gasteiger partial charge is 0.456 e. The van der Waals surface area contributed by atoms with Gasteiger partial charge in [0.2, 0.25) is 0 Å². The highest BCUT2D eigenvalue weighted by atomic mass is 16.3. The molecule has 25 heavy (non-hydrogen) atoms. The van der Waals surface area contributed by atoms with Gasteiger partial charge in [-0.05, 0) is 26.0 Å². The van der Waals surface area contributed by atoms with E-state index >= 15 is 0 Å². The molecule has 1 saturated heterocycles. The van der Waals surface area contributed by atoms with Crippen LogP contribution < -0.4 is 5.32 Å². The van der Waals surface area contributed by atoms with Crippen molar-refractivity contribution in [2.45, 2.75) is 26.4 Å². The molecular weight excluding hydrogens is 322 g/mol. The summed E-state index contributed by atoms with van der Waals surface area (Å²) in [7, 11) is 0. The highest BCUT2D eigenvalue weighted by molar-refractivity contribution is 5.91. The number of hydrogen-bond donors (Lipinski definition) is 1. The van der Waals surface area contributed by atoms with Crippen molar-refractivity contribution < 1.29 is 14.0 Å². The Hall–Kier alpha value is -2.77. The van der Waals surface area contributed by atoms with E-state index in [9.17, 15) is 9.59 Å². The third-order valence-corrected chi connectivity index (χ3v) is 4.22. The number of amides is 3. The van der Waals surface area contributed by atoms with E-state index in [4.69, 9.17) is 4.42 Å². The molecule has 0 spiro atoms. The van der Waals surface area contributed by atoms with Gasteiger partial charge in [-0.2, -0.15) is 0 Å². The second-order valence-corrected chi connectivity index (χ2v) is 6.30. The van der Waals surface area contributed by atoms with Gasteiger partial charge in [-0.25, -0.2) is 9.78 Å². The average molecular weight is 345 g/mol. The van der Waals surface area contributed by atoms with Gasteiger partial charge in [-0.3, -0.25) is 4.79 Å². The van der Waals surface area contributed by atoms with Crippen LogP contribution in [0.15, 0.2) is 35.3 Å². The predicted molar refractivity (Wildman–Crippen MR) is 91.1 cm³/mol. The van der Waals surface area contributed by atoms with E-state index in [2.05, 4.69) is 10.3 Å². The minimum atomic E-state index is -0.123. The number of nitrogens with zero attached hydrogens (tertiary/aromatic N) is 4. The first-order valence-electron chi connectivity index (χ1n) is 8.40. The summed E-state index contributed by atoms with van der Waals surface area (Å²) in [5, 5.41) is 2.98. The molecule has 8 heteroatoms. The molecule has 3 amide bonds. The number of furan rings is 1. The molecule has 1 aliphatic rings. The third-order valence-electron chi connectivity index (χ3n) is 4.22. The summed E-state index contributed by atoms with van der Waals surface area (Å²) in [4.78, 5) is 32.2. The molecule has 1 fully saturated rings. The maximum atomic E-state index is 12.4. The van der Waals surface area contributed by atoms with E-state index in [0.717, 1.165) is 0 Å². The predicted octanol–water partition coefficient (Wildman–Crippen LogP) is 1.34. The number of nitrogens with one attached hydrogen (secondary N) is 1. The van der Waals surface area contributed by atoms with Crippen LogP contribution in [0.3, 0.4) is 0 Å². The molecule has 2 aromatic rings. The topological polar surface area (TPSA) is 83.6 Å². The smallest absolute Gasteiger partial charge is 0.317 e. The quantitative estimate of drug-likeness (QED) is 0.906. The molecule has 3 heterocycles. The van der Waals surface area contributed by atoms with Crippen LogP contribution in [0.5, 0.6) is 0 Å². The van der Waals surface area contributed by atoms with Gasteiger partial charge in [0.25, 0.3) is 5.91 Å². The first-order valence-corrected chi connectivity index (χ1v) is 8.40. The Bertz CT molecular complexity index is 716. The van der Waals surface area contributed by atoms with E-state index in [-0.39, 0.29) is 18.0 Å². The van der Waals surface area contributed by atoms with Crippen molar-refractivity contribution in [1.82, 2.24) is 24.7 Å². The highest BCUT2D eigenvalue weighted by Gasteiger charge is 2.26. The van der Waals surface area contributed by atoms with E-state index in [1.54, 1.807) is 34.5 Å². The maximum Gasteiger partial charge on any atom is 0.317 e. The number of piperazine rings is 1. The van der Waals surface area contributed by atoms with Crippen molar-refractivity contribution in [2.75, 3.05) is 26.2 Å². The second kappa shape index (κ2) is 7.42. The fourth-order valence-electron chi connectivity index (χ4n) is 2.88. The van der Waals surface area contributed by atoms with Crippen LogP contribution in [0.4, 0.5) is 4.79 Å². The summed E-state index contributed by atoms with van der Waals surface area (Å²) in [5.41, 5.74) is 0. The van der Waals surface area contributed by atoms with Crippen LogP contribution in [-0.2, 0) is 6.54 Å². The minimum absolute atomic E-state index is 0.00699. The summed E-state index contributed by atoms with van der Waals surface area (Å²) in [6.45, 7) is 6.46. The maximum absolute atomic E-state index is 12.4. The number of hydrogen-bond acceptors (Lipinski definition) is 4. The molecule has 0 aromatic carbocycles. The highest BCUT2D eigenvalue weighted by Crippen LogP contribution is 2.12. The van der Waals surface area contributed by atoms with Gasteiger partial charge in [0.1, 0.15) is 5.76 Å². The Kier molecular flexibility index (Phi) is 5.06. The third kappa shape index (κ3) is 4.20. The van der Waals surface area contributed by atoms with Gasteiger partial charge >= 0.3 is 6.03 Å². The van der Waals surface area contributed by atoms with Crippen LogP contribution in [-0.4, -0.2) is 63.5 Å². The van der Waals surface area contributed by atoms with Gasteiger partial charge in [-0.15, -0.1) is 0 Å². The fraction of sp³-hybridized carbons (Fsp3) is 0.471. The molecule has 0 aliphatic carbocycles. The average Bonchev–Trinajstić information content (AvgIpc) is 3.26. The lowest BCUT2D eigenvalue weighted by Crippen LogP contribution is -2.54. The Morgan fingerprint density at radius 2 is 1.96 bits per heavy atom. The first-order chi connectivity index (χ1) is 12.0. The van der Waals surface area contributed by atoms with Crippen molar-refractivity contribution in [1.29, 1.82) is 0 Å².